The Hall–Kier alpha value is -1.56. The largest absolute Gasteiger partial charge is 0.0620 e. The molecule has 0 aromatic heterocycles. The molecule has 2 aliphatic carbocycles. The maximum atomic E-state index is 2.43. The van der Waals surface area contributed by atoms with Crippen molar-refractivity contribution >= 4 is 0 Å². The summed E-state index contributed by atoms with van der Waals surface area (Å²) in [5.41, 5.74) is 8.52. The summed E-state index contributed by atoms with van der Waals surface area (Å²) in [6, 6.07) is 16.1. The zero-order chi connectivity index (χ0) is 15.8. The molecular weight excluding hydrogens is 264 g/mol. The summed E-state index contributed by atoms with van der Waals surface area (Å²) >= 11 is 0. The predicted molar refractivity (Wildman–Crippen MR) is 93.7 cm³/mol. The Morgan fingerprint density at radius 3 is 2.00 bits per heavy atom. The first kappa shape index (κ1) is 14.1. The lowest BCUT2D eigenvalue weighted by atomic mass is 9.72. The van der Waals surface area contributed by atoms with Gasteiger partial charge in [0, 0.05) is 5.41 Å². The van der Waals surface area contributed by atoms with Gasteiger partial charge in [-0.3, -0.25) is 0 Å². The standard InChI is InChI=1S/C22H26/c1-15-9-8-12-18-19(15)21(4,5)14-22(18)13-20(2,3)16-10-6-7-11-17(16)22/h6-12H,13-14H2,1-5H3. The number of hydrogen-bond acceptors (Lipinski definition) is 0. The van der Waals surface area contributed by atoms with Crippen LogP contribution in [0.15, 0.2) is 42.5 Å². The SMILES string of the molecule is Cc1cccc2c1C(C)(C)CC21CC(C)(C)c2ccccc21. The van der Waals surface area contributed by atoms with Crippen LogP contribution in [0, 0.1) is 6.92 Å². The molecule has 0 aliphatic heterocycles. The van der Waals surface area contributed by atoms with Crippen LogP contribution in [-0.2, 0) is 16.2 Å². The van der Waals surface area contributed by atoms with Crippen LogP contribution in [0.25, 0.3) is 0 Å². The Kier molecular flexibility index (Phi) is 2.58. The van der Waals surface area contributed by atoms with Crippen LogP contribution < -0.4 is 0 Å². The van der Waals surface area contributed by atoms with Crippen LogP contribution in [0.3, 0.4) is 0 Å². The van der Waals surface area contributed by atoms with Crippen molar-refractivity contribution in [3.05, 3.63) is 70.3 Å². The van der Waals surface area contributed by atoms with E-state index in [2.05, 4.69) is 77.1 Å². The summed E-state index contributed by atoms with van der Waals surface area (Å²) in [5, 5.41) is 0. The molecule has 0 heteroatoms. The Morgan fingerprint density at radius 1 is 0.682 bits per heavy atom. The highest BCUT2D eigenvalue weighted by molar-refractivity contribution is 5.60. The topological polar surface area (TPSA) is 0 Å². The molecule has 2 aromatic rings. The number of aryl methyl sites for hydroxylation is 1. The smallest absolute Gasteiger partial charge is 0.0225 e. The molecule has 2 aliphatic rings. The van der Waals surface area contributed by atoms with E-state index in [-0.39, 0.29) is 16.2 Å². The summed E-state index contributed by atoms with van der Waals surface area (Å²) in [5.74, 6) is 0. The van der Waals surface area contributed by atoms with Gasteiger partial charge >= 0.3 is 0 Å². The highest BCUT2D eigenvalue weighted by Gasteiger charge is 2.56. The first-order valence-electron chi connectivity index (χ1n) is 8.49. The fourth-order valence-electron chi connectivity index (χ4n) is 5.74. The van der Waals surface area contributed by atoms with E-state index in [9.17, 15) is 0 Å². The molecule has 0 nitrogen and oxygen atoms in total. The zero-order valence-corrected chi connectivity index (χ0v) is 14.5. The molecule has 114 valence electrons. The third-order valence-electron chi connectivity index (χ3n) is 6.12. The first-order valence-corrected chi connectivity index (χ1v) is 8.49. The molecule has 1 unspecified atom stereocenters. The molecule has 1 spiro atoms. The lowest BCUT2D eigenvalue weighted by Crippen LogP contribution is -2.26. The van der Waals surface area contributed by atoms with Gasteiger partial charge < -0.3 is 0 Å². The van der Waals surface area contributed by atoms with E-state index in [1.54, 1.807) is 22.3 Å². The summed E-state index contributed by atoms with van der Waals surface area (Å²) < 4.78 is 0. The summed E-state index contributed by atoms with van der Waals surface area (Å²) in [4.78, 5) is 0. The van der Waals surface area contributed by atoms with Crippen LogP contribution >= 0.6 is 0 Å². The summed E-state index contributed by atoms with van der Waals surface area (Å²) in [6.45, 7) is 12.0. The predicted octanol–water partition coefficient (Wildman–Crippen LogP) is 5.64. The Morgan fingerprint density at radius 2 is 1.27 bits per heavy atom. The lowest BCUT2D eigenvalue weighted by Gasteiger charge is -2.30. The second-order valence-electron chi connectivity index (χ2n) is 8.75. The molecule has 0 fully saturated rings. The Bertz CT molecular complexity index is 763. The van der Waals surface area contributed by atoms with Crippen LogP contribution in [0.1, 0.15) is 68.4 Å². The molecular formula is C22H26. The van der Waals surface area contributed by atoms with Crippen molar-refractivity contribution in [3.8, 4) is 0 Å². The van der Waals surface area contributed by atoms with Crippen LogP contribution in [-0.4, -0.2) is 0 Å². The van der Waals surface area contributed by atoms with Crippen LogP contribution in [0.5, 0.6) is 0 Å². The maximum Gasteiger partial charge on any atom is 0.0225 e. The second kappa shape index (κ2) is 4.04. The van der Waals surface area contributed by atoms with Gasteiger partial charge in [-0.15, -0.1) is 0 Å². The summed E-state index contributed by atoms with van der Waals surface area (Å²) in [6.07, 6.45) is 2.47. The van der Waals surface area contributed by atoms with E-state index in [0.717, 1.165) is 0 Å². The molecule has 1 atom stereocenters. The zero-order valence-electron chi connectivity index (χ0n) is 14.5. The third kappa shape index (κ3) is 1.59. The average molecular weight is 290 g/mol. The minimum Gasteiger partial charge on any atom is -0.0620 e. The van der Waals surface area contributed by atoms with E-state index in [0.29, 0.717) is 0 Å². The molecule has 0 bridgehead atoms. The van der Waals surface area contributed by atoms with Gasteiger partial charge in [0.15, 0.2) is 0 Å². The van der Waals surface area contributed by atoms with Gasteiger partial charge in [-0.25, -0.2) is 0 Å². The molecule has 0 heterocycles. The van der Waals surface area contributed by atoms with Crippen molar-refractivity contribution in [3.63, 3.8) is 0 Å². The molecule has 0 saturated heterocycles. The van der Waals surface area contributed by atoms with Crippen molar-refractivity contribution in [2.24, 2.45) is 0 Å². The fourth-order valence-corrected chi connectivity index (χ4v) is 5.74. The number of fused-ring (bicyclic) bond motifs is 4. The van der Waals surface area contributed by atoms with E-state index in [1.807, 2.05) is 0 Å². The molecule has 0 N–H and O–H groups in total. The quantitative estimate of drug-likeness (QED) is 0.588. The molecule has 22 heavy (non-hydrogen) atoms. The Labute approximate surface area is 134 Å². The van der Waals surface area contributed by atoms with Gasteiger partial charge in [0.25, 0.3) is 0 Å². The first-order chi connectivity index (χ1) is 10.3. The maximum absolute atomic E-state index is 2.43. The highest BCUT2D eigenvalue weighted by Crippen LogP contribution is 2.62. The Balaban J connectivity index is 2.06. The number of hydrogen-bond donors (Lipinski definition) is 0. The minimum atomic E-state index is 0.213. The van der Waals surface area contributed by atoms with Gasteiger partial charge in [0.2, 0.25) is 0 Å². The van der Waals surface area contributed by atoms with E-state index in [4.69, 9.17) is 0 Å². The molecule has 0 radical (unpaired) electrons. The minimum absolute atomic E-state index is 0.213. The van der Waals surface area contributed by atoms with E-state index >= 15 is 0 Å². The van der Waals surface area contributed by atoms with Crippen molar-refractivity contribution in [2.75, 3.05) is 0 Å². The van der Waals surface area contributed by atoms with Crippen LogP contribution in [0.4, 0.5) is 0 Å². The van der Waals surface area contributed by atoms with E-state index < -0.39 is 0 Å². The van der Waals surface area contributed by atoms with Gasteiger partial charge in [0.05, 0.1) is 0 Å². The molecule has 0 amide bonds. The second-order valence-corrected chi connectivity index (χ2v) is 8.75. The van der Waals surface area contributed by atoms with Gasteiger partial charge in [-0.05, 0) is 58.4 Å². The van der Waals surface area contributed by atoms with E-state index in [1.165, 1.54) is 18.4 Å². The van der Waals surface area contributed by atoms with Gasteiger partial charge in [0.1, 0.15) is 0 Å². The van der Waals surface area contributed by atoms with Crippen molar-refractivity contribution in [1.82, 2.24) is 0 Å². The monoisotopic (exact) mass is 290 g/mol. The van der Waals surface area contributed by atoms with Gasteiger partial charge in [-0.1, -0.05) is 70.2 Å². The highest BCUT2D eigenvalue weighted by atomic mass is 14.6. The normalized spacial score (nSPS) is 27.0. The average Bonchev–Trinajstić information content (AvgIpc) is 2.81. The lowest BCUT2D eigenvalue weighted by molar-refractivity contribution is 0.349. The molecule has 2 aromatic carbocycles. The number of rotatable bonds is 0. The molecule has 0 saturated carbocycles. The molecule has 4 rings (SSSR count). The van der Waals surface area contributed by atoms with Crippen molar-refractivity contribution in [2.45, 2.75) is 63.7 Å². The van der Waals surface area contributed by atoms with Crippen molar-refractivity contribution < 1.29 is 0 Å². The summed E-state index contributed by atoms with van der Waals surface area (Å²) in [7, 11) is 0. The third-order valence-corrected chi connectivity index (χ3v) is 6.12. The fraction of sp³-hybridized carbons (Fsp3) is 0.455. The number of benzene rings is 2. The van der Waals surface area contributed by atoms with Gasteiger partial charge in [-0.2, -0.15) is 0 Å². The van der Waals surface area contributed by atoms with Crippen molar-refractivity contribution in [1.29, 1.82) is 0 Å². The van der Waals surface area contributed by atoms with Crippen LogP contribution in [0.2, 0.25) is 0 Å².